The lowest BCUT2D eigenvalue weighted by atomic mass is 10.0. The van der Waals surface area contributed by atoms with Crippen molar-refractivity contribution < 1.29 is 9.32 Å². The number of carbonyl (C=O) groups is 1. The summed E-state index contributed by atoms with van der Waals surface area (Å²) >= 11 is 0. The van der Waals surface area contributed by atoms with Crippen LogP contribution < -0.4 is 0 Å². The highest BCUT2D eigenvalue weighted by molar-refractivity contribution is 5.74. The van der Waals surface area contributed by atoms with Crippen LogP contribution in [0.1, 0.15) is 63.1 Å². The summed E-state index contributed by atoms with van der Waals surface area (Å²) in [7, 11) is 0. The monoisotopic (exact) mass is 304 g/mol. The van der Waals surface area contributed by atoms with Gasteiger partial charge < -0.3 is 9.42 Å². The molecule has 0 unspecified atom stereocenters. The van der Waals surface area contributed by atoms with Gasteiger partial charge in [-0.25, -0.2) is 0 Å². The van der Waals surface area contributed by atoms with Crippen LogP contribution in [0.5, 0.6) is 0 Å². The molecule has 3 fully saturated rings. The quantitative estimate of drug-likeness (QED) is 0.850. The summed E-state index contributed by atoms with van der Waals surface area (Å²) in [5.74, 6) is 2.37. The van der Waals surface area contributed by atoms with E-state index in [1.165, 1.54) is 19.3 Å². The van der Waals surface area contributed by atoms with E-state index in [1.807, 2.05) is 0 Å². The lowest BCUT2D eigenvalue weighted by Crippen LogP contribution is -2.47. The standard InChI is InChI=1S/C16H24N4O2/c1-11(21)20-9-3-5-14(20)13-4-2-8-19(13)10-15-17-16(18-22-15)12-6-7-12/h12-14H,2-10H2,1H3/t13-,14-/m0/s1. The normalized spacial score (nSPS) is 29.4. The number of carbonyl (C=O) groups excluding carboxylic acids is 1. The first-order chi connectivity index (χ1) is 10.7. The summed E-state index contributed by atoms with van der Waals surface area (Å²) in [6.45, 7) is 4.40. The number of likely N-dealkylation sites (tertiary alicyclic amines) is 2. The van der Waals surface area contributed by atoms with Crippen LogP contribution >= 0.6 is 0 Å². The highest BCUT2D eigenvalue weighted by atomic mass is 16.5. The average molecular weight is 304 g/mol. The molecule has 0 radical (unpaired) electrons. The SMILES string of the molecule is CC(=O)N1CCC[C@H]1[C@@H]1CCCN1Cc1nc(C2CC2)no1. The Kier molecular flexibility index (Phi) is 3.64. The summed E-state index contributed by atoms with van der Waals surface area (Å²) < 4.78 is 5.43. The third-order valence-corrected chi connectivity index (χ3v) is 5.33. The van der Waals surface area contributed by atoms with Gasteiger partial charge in [-0.05, 0) is 45.1 Å². The second-order valence-corrected chi connectivity index (χ2v) is 6.92. The third kappa shape index (κ3) is 2.64. The molecule has 6 nitrogen and oxygen atoms in total. The Morgan fingerprint density at radius 1 is 1.18 bits per heavy atom. The van der Waals surface area contributed by atoms with Crippen molar-refractivity contribution >= 4 is 5.91 Å². The maximum atomic E-state index is 11.8. The zero-order valence-corrected chi connectivity index (χ0v) is 13.2. The molecular formula is C16H24N4O2. The maximum Gasteiger partial charge on any atom is 0.240 e. The van der Waals surface area contributed by atoms with Gasteiger partial charge in [-0.3, -0.25) is 9.69 Å². The fourth-order valence-electron chi connectivity index (χ4n) is 4.08. The predicted molar refractivity (Wildman–Crippen MR) is 80.1 cm³/mol. The van der Waals surface area contributed by atoms with Gasteiger partial charge in [-0.2, -0.15) is 4.98 Å². The lowest BCUT2D eigenvalue weighted by molar-refractivity contribution is -0.130. The first kappa shape index (κ1) is 14.2. The van der Waals surface area contributed by atoms with Gasteiger partial charge in [-0.1, -0.05) is 5.16 Å². The van der Waals surface area contributed by atoms with E-state index in [0.717, 1.165) is 50.6 Å². The smallest absolute Gasteiger partial charge is 0.240 e. The van der Waals surface area contributed by atoms with Crippen molar-refractivity contribution in [2.75, 3.05) is 13.1 Å². The second kappa shape index (κ2) is 5.65. The van der Waals surface area contributed by atoms with Gasteiger partial charge in [0.25, 0.3) is 0 Å². The molecule has 4 rings (SSSR count). The molecule has 120 valence electrons. The molecule has 0 spiro atoms. The van der Waals surface area contributed by atoms with Crippen LogP contribution in [0.2, 0.25) is 0 Å². The number of aromatic nitrogens is 2. The van der Waals surface area contributed by atoms with Crippen LogP contribution in [0, 0.1) is 0 Å². The highest BCUT2D eigenvalue weighted by Gasteiger charge is 2.39. The van der Waals surface area contributed by atoms with Crippen LogP contribution in [0.15, 0.2) is 4.52 Å². The molecular weight excluding hydrogens is 280 g/mol. The molecule has 1 aromatic heterocycles. The van der Waals surface area contributed by atoms with Gasteiger partial charge >= 0.3 is 0 Å². The summed E-state index contributed by atoms with van der Waals surface area (Å²) in [6, 6.07) is 0.813. The van der Waals surface area contributed by atoms with E-state index in [4.69, 9.17) is 4.52 Å². The molecule has 1 amide bonds. The molecule has 6 heteroatoms. The summed E-state index contributed by atoms with van der Waals surface area (Å²) in [4.78, 5) is 20.9. The van der Waals surface area contributed by atoms with Crippen molar-refractivity contribution in [3.63, 3.8) is 0 Å². The minimum Gasteiger partial charge on any atom is -0.338 e. The fourth-order valence-corrected chi connectivity index (χ4v) is 4.08. The van der Waals surface area contributed by atoms with Crippen molar-refractivity contribution in [2.45, 2.75) is 70.0 Å². The molecule has 2 aliphatic heterocycles. The predicted octanol–water partition coefficient (Wildman–Crippen LogP) is 1.92. The third-order valence-electron chi connectivity index (χ3n) is 5.33. The molecule has 2 saturated heterocycles. The zero-order chi connectivity index (χ0) is 15.1. The molecule has 1 aromatic rings. The van der Waals surface area contributed by atoms with Gasteiger partial charge in [-0.15, -0.1) is 0 Å². The van der Waals surface area contributed by atoms with Gasteiger partial charge in [0.15, 0.2) is 5.82 Å². The van der Waals surface area contributed by atoms with Crippen LogP contribution in [0.3, 0.4) is 0 Å². The van der Waals surface area contributed by atoms with Crippen LogP contribution in [-0.4, -0.2) is 51.0 Å². The molecule has 0 N–H and O–H groups in total. The Hall–Kier alpha value is -1.43. The minimum absolute atomic E-state index is 0.211. The van der Waals surface area contributed by atoms with Crippen molar-refractivity contribution in [1.29, 1.82) is 0 Å². The van der Waals surface area contributed by atoms with Crippen molar-refractivity contribution in [2.24, 2.45) is 0 Å². The van der Waals surface area contributed by atoms with Crippen molar-refractivity contribution in [3.05, 3.63) is 11.7 Å². The Balaban J connectivity index is 1.44. The first-order valence-electron chi connectivity index (χ1n) is 8.56. The Labute approximate surface area is 130 Å². The van der Waals surface area contributed by atoms with E-state index in [-0.39, 0.29) is 5.91 Å². The molecule has 1 saturated carbocycles. The summed E-state index contributed by atoms with van der Waals surface area (Å²) in [5, 5.41) is 4.11. The van der Waals surface area contributed by atoms with E-state index < -0.39 is 0 Å². The zero-order valence-electron chi connectivity index (χ0n) is 13.2. The minimum atomic E-state index is 0.211. The van der Waals surface area contributed by atoms with Crippen molar-refractivity contribution in [1.82, 2.24) is 19.9 Å². The molecule has 2 atom stereocenters. The molecule has 22 heavy (non-hydrogen) atoms. The Bertz CT molecular complexity index is 554. The van der Waals surface area contributed by atoms with E-state index in [1.54, 1.807) is 6.92 Å². The van der Waals surface area contributed by atoms with E-state index in [2.05, 4.69) is 19.9 Å². The number of hydrogen-bond acceptors (Lipinski definition) is 5. The Morgan fingerprint density at radius 3 is 2.73 bits per heavy atom. The largest absolute Gasteiger partial charge is 0.338 e. The first-order valence-corrected chi connectivity index (χ1v) is 8.56. The number of amides is 1. The number of nitrogens with zero attached hydrogens (tertiary/aromatic N) is 4. The topological polar surface area (TPSA) is 62.5 Å². The maximum absolute atomic E-state index is 11.8. The van der Waals surface area contributed by atoms with Crippen molar-refractivity contribution in [3.8, 4) is 0 Å². The van der Waals surface area contributed by atoms with Gasteiger partial charge in [0.1, 0.15) is 0 Å². The van der Waals surface area contributed by atoms with E-state index in [0.29, 0.717) is 18.0 Å². The number of hydrogen-bond donors (Lipinski definition) is 0. The van der Waals surface area contributed by atoms with Gasteiger partial charge in [0, 0.05) is 31.5 Å². The van der Waals surface area contributed by atoms with Gasteiger partial charge in [0.05, 0.1) is 6.54 Å². The van der Waals surface area contributed by atoms with E-state index >= 15 is 0 Å². The second-order valence-electron chi connectivity index (χ2n) is 6.92. The van der Waals surface area contributed by atoms with E-state index in [9.17, 15) is 4.79 Å². The van der Waals surface area contributed by atoms with Crippen LogP contribution in [0.4, 0.5) is 0 Å². The van der Waals surface area contributed by atoms with Crippen LogP contribution in [-0.2, 0) is 11.3 Å². The highest BCUT2D eigenvalue weighted by Crippen LogP contribution is 2.38. The molecule has 1 aliphatic carbocycles. The lowest BCUT2D eigenvalue weighted by Gasteiger charge is -2.33. The fraction of sp³-hybridized carbons (Fsp3) is 0.812. The molecule has 3 aliphatic rings. The van der Waals surface area contributed by atoms with Crippen LogP contribution in [0.25, 0.3) is 0 Å². The average Bonchev–Trinajstić information content (AvgIpc) is 2.94. The van der Waals surface area contributed by atoms with Gasteiger partial charge in [0.2, 0.25) is 11.8 Å². The molecule has 0 bridgehead atoms. The Morgan fingerprint density at radius 2 is 1.95 bits per heavy atom. The molecule has 0 aromatic carbocycles. The molecule has 3 heterocycles. The summed E-state index contributed by atoms with van der Waals surface area (Å²) in [6.07, 6.45) is 7.00. The summed E-state index contributed by atoms with van der Waals surface area (Å²) in [5.41, 5.74) is 0. The number of rotatable bonds is 4.